The number of hydrogen-bond donors (Lipinski definition) is 1. The van der Waals surface area contributed by atoms with E-state index in [1.807, 2.05) is 20.0 Å². The maximum Gasteiger partial charge on any atom is 0.184 e. The second kappa shape index (κ2) is 5.99. The van der Waals surface area contributed by atoms with Gasteiger partial charge in [-0.2, -0.15) is 0 Å². The van der Waals surface area contributed by atoms with Crippen LogP contribution in [0.25, 0.3) is 0 Å². The molecular formula is C14H14ClFN2O. The number of halogens is 2. The van der Waals surface area contributed by atoms with E-state index in [1.54, 1.807) is 18.3 Å². The van der Waals surface area contributed by atoms with Crippen molar-refractivity contribution in [3.8, 4) is 11.5 Å². The highest BCUT2D eigenvalue weighted by atomic mass is 35.5. The average molecular weight is 281 g/mol. The van der Waals surface area contributed by atoms with Crippen LogP contribution in [-0.4, -0.2) is 12.0 Å². The van der Waals surface area contributed by atoms with Gasteiger partial charge in [0.15, 0.2) is 11.6 Å². The predicted octanol–water partition coefficient (Wildman–Crippen LogP) is 3.95. The van der Waals surface area contributed by atoms with Crippen molar-refractivity contribution in [2.24, 2.45) is 0 Å². The average Bonchev–Trinajstić information content (AvgIpc) is 2.44. The SMILES string of the molecule is CNC(C)c1ccc(Oc2cccc(Cl)c2F)cn1. The first kappa shape index (κ1) is 13.8. The molecule has 1 unspecified atom stereocenters. The van der Waals surface area contributed by atoms with Gasteiger partial charge in [0.1, 0.15) is 5.75 Å². The van der Waals surface area contributed by atoms with Gasteiger partial charge in [-0.15, -0.1) is 0 Å². The van der Waals surface area contributed by atoms with Crippen molar-refractivity contribution in [1.29, 1.82) is 0 Å². The molecule has 0 saturated heterocycles. The molecule has 1 aromatic heterocycles. The molecule has 0 spiro atoms. The molecule has 1 heterocycles. The highest BCUT2D eigenvalue weighted by Gasteiger charge is 2.09. The normalized spacial score (nSPS) is 12.2. The van der Waals surface area contributed by atoms with Gasteiger partial charge in [-0.3, -0.25) is 4.98 Å². The summed E-state index contributed by atoms with van der Waals surface area (Å²) in [5, 5.41) is 3.12. The second-order valence-corrected chi connectivity index (χ2v) is 4.49. The van der Waals surface area contributed by atoms with E-state index in [-0.39, 0.29) is 16.8 Å². The van der Waals surface area contributed by atoms with E-state index in [0.29, 0.717) is 5.75 Å². The molecule has 0 amide bonds. The largest absolute Gasteiger partial charge is 0.453 e. The molecule has 100 valence electrons. The van der Waals surface area contributed by atoms with Crippen molar-refractivity contribution in [3.05, 3.63) is 53.1 Å². The van der Waals surface area contributed by atoms with E-state index < -0.39 is 5.82 Å². The third-order valence-electron chi connectivity index (χ3n) is 2.78. The molecule has 2 rings (SSSR count). The lowest BCUT2D eigenvalue weighted by atomic mass is 10.2. The highest BCUT2D eigenvalue weighted by Crippen LogP contribution is 2.28. The molecule has 19 heavy (non-hydrogen) atoms. The zero-order chi connectivity index (χ0) is 13.8. The Balaban J connectivity index is 2.18. The van der Waals surface area contributed by atoms with Crippen LogP contribution in [0, 0.1) is 5.82 Å². The summed E-state index contributed by atoms with van der Waals surface area (Å²) in [6, 6.07) is 8.35. The molecular weight excluding hydrogens is 267 g/mol. The summed E-state index contributed by atoms with van der Waals surface area (Å²) in [6.07, 6.45) is 1.56. The number of aromatic nitrogens is 1. The first-order valence-electron chi connectivity index (χ1n) is 5.87. The summed E-state index contributed by atoms with van der Waals surface area (Å²) in [7, 11) is 1.86. The smallest absolute Gasteiger partial charge is 0.184 e. The van der Waals surface area contributed by atoms with Gasteiger partial charge in [-0.05, 0) is 38.2 Å². The molecule has 0 aliphatic heterocycles. The van der Waals surface area contributed by atoms with Gasteiger partial charge in [0, 0.05) is 6.04 Å². The maximum atomic E-state index is 13.7. The van der Waals surface area contributed by atoms with Crippen LogP contribution in [0.15, 0.2) is 36.5 Å². The Hall–Kier alpha value is -1.65. The van der Waals surface area contributed by atoms with E-state index in [0.717, 1.165) is 5.69 Å². The molecule has 1 N–H and O–H groups in total. The summed E-state index contributed by atoms with van der Waals surface area (Å²) in [4.78, 5) is 4.25. The van der Waals surface area contributed by atoms with Crippen LogP contribution < -0.4 is 10.1 Å². The lowest BCUT2D eigenvalue weighted by Gasteiger charge is -2.11. The number of ether oxygens (including phenoxy) is 1. The lowest BCUT2D eigenvalue weighted by molar-refractivity contribution is 0.440. The molecule has 3 nitrogen and oxygen atoms in total. The molecule has 0 bridgehead atoms. The minimum Gasteiger partial charge on any atom is -0.453 e. The third kappa shape index (κ3) is 3.22. The summed E-state index contributed by atoms with van der Waals surface area (Å²) < 4.78 is 19.1. The summed E-state index contributed by atoms with van der Waals surface area (Å²) >= 11 is 5.69. The molecule has 1 aromatic carbocycles. The van der Waals surface area contributed by atoms with Gasteiger partial charge in [-0.25, -0.2) is 4.39 Å². The minimum absolute atomic E-state index is 0.0332. The molecule has 0 aliphatic rings. The number of rotatable bonds is 4. The number of nitrogens with zero attached hydrogens (tertiary/aromatic N) is 1. The fourth-order valence-electron chi connectivity index (χ4n) is 1.55. The van der Waals surface area contributed by atoms with E-state index in [4.69, 9.17) is 16.3 Å². The Morgan fingerprint density at radius 2 is 2.11 bits per heavy atom. The third-order valence-corrected chi connectivity index (χ3v) is 3.07. The molecule has 1 atom stereocenters. The van der Waals surface area contributed by atoms with Crippen LogP contribution >= 0.6 is 11.6 Å². The van der Waals surface area contributed by atoms with Crippen LogP contribution in [-0.2, 0) is 0 Å². The second-order valence-electron chi connectivity index (χ2n) is 4.08. The Bertz CT molecular complexity index is 560. The van der Waals surface area contributed by atoms with Crippen molar-refractivity contribution in [1.82, 2.24) is 10.3 Å². The Morgan fingerprint density at radius 3 is 2.74 bits per heavy atom. The van der Waals surface area contributed by atoms with E-state index in [2.05, 4.69) is 10.3 Å². The summed E-state index contributed by atoms with van der Waals surface area (Å²) in [5.41, 5.74) is 0.890. The van der Waals surface area contributed by atoms with Crippen molar-refractivity contribution < 1.29 is 9.13 Å². The number of pyridine rings is 1. The zero-order valence-electron chi connectivity index (χ0n) is 10.7. The van der Waals surface area contributed by atoms with Crippen LogP contribution in [0.1, 0.15) is 18.7 Å². The van der Waals surface area contributed by atoms with Crippen LogP contribution in [0.5, 0.6) is 11.5 Å². The van der Waals surface area contributed by atoms with Gasteiger partial charge in [0.25, 0.3) is 0 Å². The van der Waals surface area contributed by atoms with Crippen LogP contribution in [0.4, 0.5) is 4.39 Å². The first-order valence-corrected chi connectivity index (χ1v) is 6.24. The Morgan fingerprint density at radius 1 is 1.32 bits per heavy atom. The fraction of sp³-hybridized carbons (Fsp3) is 0.214. The van der Waals surface area contributed by atoms with Crippen molar-refractivity contribution >= 4 is 11.6 Å². The van der Waals surface area contributed by atoms with Crippen molar-refractivity contribution in [3.63, 3.8) is 0 Å². The van der Waals surface area contributed by atoms with Crippen LogP contribution in [0.3, 0.4) is 0 Å². The highest BCUT2D eigenvalue weighted by molar-refractivity contribution is 6.30. The Kier molecular flexibility index (Phi) is 4.35. The quantitative estimate of drug-likeness (QED) is 0.921. The topological polar surface area (TPSA) is 34.1 Å². The summed E-state index contributed by atoms with van der Waals surface area (Å²) in [6.45, 7) is 2.00. The monoisotopic (exact) mass is 280 g/mol. The van der Waals surface area contributed by atoms with E-state index >= 15 is 0 Å². The number of nitrogens with one attached hydrogen (secondary N) is 1. The van der Waals surface area contributed by atoms with Crippen LogP contribution in [0.2, 0.25) is 5.02 Å². The van der Waals surface area contributed by atoms with Gasteiger partial charge >= 0.3 is 0 Å². The zero-order valence-corrected chi connectivity index (χ0v) is 11.4. The van der Waals surface area contributed by atoms with Gasteiger partial charge < -0.3 is 10.1 Å². The standard InChI is InChI=1S/C14H14ClFN2O/c1-9(17-2)12-7-6-10(8-18-12)19-13-5-3-4-11(15)14(13)16/h3-9,17H,1-2H3. The molecule has 5 heteroatoms. The molecule has 0 radical (unpaired) electrons. The molecule has 2 aromatic rings. The number of benzene rings is 1. The van der Waals surface area contributed by atoms with E-state index in [1.165, 1.54) is 12.1 Å². The molecule has 0 aliphatic carbocycles. The van der Waals surface area contributed by atoms with Crippen molar-refractivity contribution in [2.45, 2.75) is 13.0 Å². The number of hydrogen-bond acceptors (Lipinski definition) is 3. The molecule has 0 fully saturated rings. The first-order chi connectivity index (χ1) is 9.11. The predicted molar refractivity (Wildman–Crippen MR) is 73.2 cm³/mol. The minimum atomic E-state index is -0.572. The summed E-state index contributed by atoms with van der Waals surface area (Å²) in [5.74, 6) is -0.0197. The fourth-order valence-corrected chi connectivity index (χ4v) is 1.71. The van der Waals surface area contributed by atoms with Crippen molar-refractivity contribution in [2.75, 3.05) is 7.05 Å². The Labute approximate surface area is 116 Å². The van der Waals surface area contributed by atoms with Gasteiger partial charge in [-0.1, -0.05) is 17.7 Å². The molecule has 0 saturated carbocycles. The maximum absolute atomic E-state index is 13.7. The van der Waals surface area contributed by atoms with Gasteiger partial charge in [0.2, 0.25) is 0 Å². The lowest BCUT2D eigenvalue weighted by Crippen LogP contribution is -2.13. The van der Waals surface area contributed by atoms with Gasteiger partial charge in [0.05, 0.1) is 16.9 Å². The van der Waals surface area contributed by atoms with E-state index in [9.17, 15) is 4.39 Å².